The Hall–Kier alpha value is -1.03. The van der Waals surface area contributed by atoms with Crippen LogP contribution in [0.15, 0.2) is 18.3 Å². The highest BCUT2D eigenvalue weighted by molar-refractivity contribution is 7.99. The average Bonchev–Trinajstić information content (AvgIpc) is 2.79. The molecule has 19 heavy (non-hydrogen) atoms. The lowest BCUT2D eigenvalue weighted by atomic mass is 10.1. The third kappa shape index (κ3) is 2.64. The van der Waals surface area contributed by atoms with Crippen LogP contribution < -0.4 is 0 Å². The Kier molecular flexibility index (Phi) is 3.78. The van der Waals surface area contributed by atoms with Crippen molar-refractivity contribution in [2.45, 2.75) is 39.2 Å². The van der Waals surface area contributed by atoms with E-state index in [0.717, 1.165) is 23.6 Å². The van der Waals surface area contributed by atoms with Gasteiger partial charge in [0.05, 0.1) is 0 Å². The summed E-state index contributed by atoms with van der Waals surface area (Å²) in [6.07, 6.45) is 4.57. The van der Waals surface area contributed by atoms with Gasteiger partial charge in [-0.05, 0) is 42.4 Å². The standard InChI is InChI=1S/C15H21N3S/c1-11(2)14-17-13-6-3-7-16-15(13)18(14)9-12-5-4-8-19-10-12/h3,6-7,11-12H,4-5,8-10H2,1-2H3. The fourth-order valence-electron chi connectivity index (χ4n) is 2.81. The Morgan fingerprint density at radius 2 is 2.37 bits per heavy atom. The summed E-state index contributed by atoms with van der Waals surface area (Å²) >= 11 is 2.09. The summed E-state index contributed by atoms with van der Waals surface area (Å²) in [6, 6.07) is 4.04. The first-order valence-electron chi connectivity index (χ1n) is 7.14. The minimum Gasteiger partial charge on any atom is -0.312 e. The second-order valence-corrected chi connectivity index (χ2v) is 6.81. The van der Waals surface area contributed by atoms with Crippen LogP contribution in [0.2, 0.25) is 0 Å². The maximum absolute atomic E-state index is 4.77. The van der Waals surface area contributed by atoms with Gasteiger partial charge in [-0.15, -0.1) is 0 Å². The van der Waals surface area contributed by atoms with E-state index < -0.39 is 0 Å². The van der Waals surface area contributed by atoms with Crippen LogP contribution in [0.25, 0.3) is 11.2 Å². The van der Waals surface area contributed by atoms with Crippen molar-refractivity contribution in [1.82, 2.24) is 14.5 Å². The molecule has 102 valence electrons. The van der Waals surface area contributed by atoms with Crippen molar-refractivity contribution in [2.24, 2.45) is 5.92 Å². The molecule has 0 N–H and O–H groups in total. The van der Waals surface area contributed by atoms with Crippen molar-refractivity contribution in [3.05, 3.63) is 24.2 Å². The summed E-state index contributed by atoms with van der Waals surface area (Å²) in [5.41, 5.74) is 2.09. The largest absolute Gasteiger partial charge is 0.312 e. The first-order chi connectivity index (χ1) is 9.25. The van der Waals surface area contributed by atoms with E-state index in [4.69, 9.17) is 4.98 Å². The molecule has 3 rings (SSSR count). The molecule has 0 aliphatic carbocycles. The molecular formula is C15H21N3S. The molecule has 4 heteroatoms. The highest BCUT2D eigenvalue weighted by Crippen LogP contribution is 2.27. The minimum atomic E-state index is 0.449. The number of thioether (sulfide) groups is 1. The molecule has 0 spiro atoms. The molecule has 1 atom stereocenters. The maximum atomic E-state index is 4.77. The van der Waals surface area contributed by atoms with Crippen LogP contribution in [-0.4, -0.2) is 26.0 Å². The van der Waals surface area contributed by atoms with Crippen LogP contribution in [0.5, 0.6) is 0 Å². The lowest BCUT2D eigenvalue weighted by Gasteiger charge is -2.23. The van der Waals surface area contributed by atoms with Crippen molar-refractivity contribution in [3.8, 4) is 0 Å². The summed E-state index contributed by atoms with van der Waals surface area (Å²) in [7, 11) is 0. The van der Waals surface area contributed by atoms with Crippen molar-refractivity contribution in [3.63, 3.8) is 0 Å². The number of hydrogen-bond acceptors (Lipinski definition) is 3. The normalized spacial score (nSPS) is 20.3. The third-order valence-electron chi connectivity index (χ3n) is 3.75. The van der Waals surface area contributed by atoms with Gasteiger partial charge in [0.25, 0.3) is 0 Å². The van der Waals surface area contributed by atoms with Gasteiger partial charge in [-0.1, -0.05) is 13.8 Å². The lowest BCUT2D eigenvalue weighted by molar-refractivity contribution is 0.438. The molecule has 1 fully saturated rings. The predicted molar refractivity (Wildman–Crippen MR) is 81.7 cm³/mol. The predicted octanol–water partition coefficient (Wildman–Crippen LogP) is 3.70. The molecule has 1 saturated heterocycles. The van der Waals surface area contributed by atoms with Crippen LogP contribution in [0, 0.1) is 5.92 Å². The monoisotopic (exact) mass is 275 g/mol. The molecule has 0 aromatic carbocycles. The van der Waals surface area contributed by atoms with Gasteiger partial charge in [0.1, 0.15) is 11.3 Å². The van der Waals surface area contributed by atoms with E-state index in [0.29, 0.717) is 5.92 Å². The molecule has 1 aliphatic rings. The van der Waals surface area contributed by atoms with Gasteiger partial charge in [0, 0.05) is 18.7 Å². The van der Waals surface area contributed by atoms with E-state index in [-0.39, 0.29) is 0 Å². The van der Waals surface area contributed by atoms with E-state index >= 15 is 0 Å². The zero-order chi connectivity index (χ0) is 13.2. The van der Waals surface area contributed by atoms with E-state index in [1.165, 1.54) is 30.2 Å². The molecular weight excluding hydrogens is 254 g/mol. The molecule has 3 nitrogen and oxygen atoms in total. The van der Waals surface area contributed by atoms with E-state index in [9.17, 15) is 0 Å². The Labute approximate surface area is 118 Å². The van der Waals surface area contributed by atoms with Crippen LogP contribution in [-0.2, 0) is 6.54 Å². The Balaban J connectivity index is 1.97. The third-order valence-corrected chi connectivity index (χ3v) is 5.03. The summed E-state index contributed by atoms with van der Waals surface area (Å²) in [5.74, 6) is 5.02. The quantitative estimate of drug-likeness (QED) is 0.855. The highest BCUT2D eigenvalue weighted by atomic mass is 32.2. The second kappa shape index (κ2) is 5.53. The number of imidazole rings is 1. The van der Waals surface area contributed by atoms with Gasteiger partial charge in [0.15, 0.2) is 5.65 Å². The van der Waals surface area contributed by atoms with Gasteiger partial charge in [-0.3, -0.25) is 0 Å². The van der Waals surface area contributed by atoms with Crippen LogP contribution in [0.3, 0.4) is 0 Å². The van der Waals surface area contributed by atoms with E-state index in [2.05, 4.69) is 41.2 Å². The van der Waals surface area contributed by atoms with Gasteiger partial charge in [0.2, 0.25) is 0 Å². The zero-order valence-corrected chi connectivity index (χ0v) is 12.5. The van der Waals surface area contributed by atoms with Crippen LogP contribution in [0.1, 0.15) is 38.4 Å². The summed E-state index contributed by atoms with van der Waals surface area (Å²) in [4.78, 5) is 9.31. The highest BCUT2D eigenvalue weighted by Gasteiger charge is 2.20. The molecule has 3 heterocycles. The summed E-state index contributed by atoms with van der Waals surface area (Å²) in [5, 5.41) is 0. The number of aromatic nitrogens is 3. The number of hydrogen-bond donors (Lipinski definition) is 0. The van der Waals surface area contributed by atoms with Gasteiger partial charge in [-0.25, -0.2) is 9.97 Å². The average molecular weight is 275 g/mol. The summed E-state index contributed by atoms with van der Waals surface area (Å²) < 4.78 is 2.36. The van der Waals surface area contributed by atoms with Gasteiger partial charge < -0.3 is 4.57 Å². The summed E-state index contributed by atoms with van der Waals surface area (Å²) in [6.45, 7) is 5.51. The molecule has 1 unspecified atom stereocenters. The minimum absolute atomic E-state index is 0.449. The first-order valence-corrected chi connectivity index (χ1v) is 8.30. The molecule has 0 amide bonds. The Morgan fingerprint density at radius 1 is 1.47 bits per heavy atom. The van der Waals surface area contributed by atoms with Crippen molar-refractivity contribution in [1.29, 1.82) is 0 Å². The number of fused-ring (bicyclic) bond motifs is 1. The molecule has 2 aromatic rings. The second-order valence-electron chi connectivity index (χ2n) is 5.66. The first kappa shape index (κ1) is 13.0. The maximum Gasteiger partial charge on any atom is 0.160 e. The fraction of sp³-hybridized carbons (Fsp3) is 0.600. The SMILES string of the molecule is CC(C)c1nc2cccnc2n1CC1CCCSC1. The van der Waals surface area contributed by atoms with Gasteiger partial charge in [-0.2, -0.15) is 11.8 Å². The number of nitrogens with zero attached hydrogens (tertiary/aromatic N) is 3. The molecule has 2 aromatic heterocycles. The molecule has 0 radical (unpaired) electrons. The zero-order valence-electron chi connectivity index (χ0n) is 11.7. The molecule has 1 aliphatic heterocycles. The number of rotatable bonds is 3. The van der Waals surface area contributed by atoms with Crippen molar-refractivity contribution >= 4 is 22.9 Å². The van der Waals surface area contributed by atoms with Gasteiger partial charge >= 0.3 is 0 Å². The molecule has 0 bridgehead atoms. The molecule has 0 saturated carbocycles. The Bertz CT molecular complexity index is 556. The number of pyridine rings is 1. The van der Waals surface area contributed by atoms with Crippen LogP contribution >= 0.6 is 11.8 Å². The van der Waals surface area contributed by atoms with E-state index in [1.807, 2.05) is 12.3 Å². The Morgan fingerprint density at radius 3 is 3.11 bits per heavy atom. The van der Waals surface area contributed by atoms with Crippen molar-refractivity contribution in [2.75, 3.05) is 11.5 Å². The lowest BCUT2D eigenvalue weighted by Crippen LogP contribution is -2.19. The van der Waals surface area contributed by atoms with Crippen molar-refractivity contribution < 1.29 is 0 Å². The van der Waals surface area contributed by atoms with E-state index in [1.54, 1.807) is 0 Å². The fourth-order valence-corrected chi connectivity index (χ4v) is 3.95. The smallest absolute Gasteiger partial charge is 0.160 e. The van der Waals surface area contributed by atoms with Crippen LogP contribution in [0.4, 0.5) is 0 Å². The topological polar surface area (TPSA) is 30.7 Å².